The number of carbonyl (C=O) groups is 2. The molecule has 1 saturated heterocycles. The first kappa shape index (κ1) is 30.0. The van der Waals surface area contributed by atoms with Crippen LogP contribution in [0.1, 0.15) is 40.4 Å². The predicted octanol–water partition coefficient (Wildman–Crippen LogP) is 5.13. The number of halogens is 4. The Labute approximate surface area is 247 Å². The summed E-state index contributed by atoms with van der Waals surface area (Å²) < 4.78 is 57.8. The lowest BCUT2D eigenvalue weighted by Gasteiger charge is -2.16. The van der Waals surface area contributed by atoms with Gasteiger partial charge in [-0.3, -0.25) is 9.59 Å². The number of carbonyl (C=O) groups excluding carboxylic acids is 2. The molecule has 0 saturated carbocycles. The van der Waals surface area contributed by atoms with E-state index in [0.717, 1.165) is 23.6 Å². The van der Waals surface area contributed by atoms with E-state index in [1.165, 1.54) is 35.6 Å². The number of anilines is 2. The van der Waals surface area contributed by atoms with Gasteiger partial charge in [0.2, 0.25) is 5.91 Å². The summed E-state index contributed by atoms with van der Waals surface area (Å²) in [4.78, 5) is 26.9. The summed E-state index contributed by atoms with van der Waals surface area (Å²) in [5.41, 5.74) is 0.633. The predicted molar refractivity (Wildman–Crippen MR) is 150 cm³/mol. The number of benzene rings is 2. The molecule has 1 aliphatic rings. The van der Waals surface area contributed by atoms with Crippen LogP contribution in [-0.4, -0.2) is 51.3 Å². The van der Waals surface area contributed by atoms with Crippen molar-refractivity contribution >= 4 is 34.7 Å². The molecule has 3 heterocycles. The molecular weight excluding hydrogens is 588 g/mol. The van der Waals surface area contributed by atoms with Crippen molar-refractivity contribution < 1.29 is 31.9 Å². The van der Waals surface area contributed by atoms with Crippen molar-refractivity contribution in [2.45, 2.75) is 44.6 Å². The highest BCUT2D eigenvalue weighted by Gasteiger charge is 2.28. The van der Waals surface area contributed by atoms with Gasteiger partial charge in [0.05, 0.1) is 12.8 Å². The molecule has 4 aromatic rings. The molecule has 14 heteroatoms. The molecule has 0 radical (unpaired) electrons. The third-order valence-electron chi connectivity index (χ3n) is 6.57. The van der Waals surface area contributed by atoms with Gasteiger partial charge in [-0.15, -0.1) is 31.7 Å². The number of alkyl halides is 2. The van der Waals surface area contributed by atoms with E-state index in [1.54, 1.807) is 18.2 Å². The first-order chi connectivity index (χ1) is 20.5. The van der Waals surface area contributed by atoms with Crippen LogP contribution in [0.4, 0.5) is 29.2 Å². The number of nitrogens with one attached hydrogen (secondary N) is 1. The zero-order chi connectivity index (χ0) is 30.6. The molecule has 2 aromatic carbocycles. The summed E-state index contributed by atoms with van der Waals surface area (Å²) in [6.45, 7) is 1.94. The largest absolute Gasteiger partial charge is 0.433 e. The molecule has 224 valence electrons. The molecule has 1 unspecified atom stereocenters. The molecule has 43 heavy (non-hydrogen) atoms. The number of hydrogen-bond acceptors (Lipinski definition) is 9. The standard InChI is InChI=1S/C29H26F4N6O3S/c1-29(32,33)42-22-4-2-3-17(11-22)12-26(41)34-24-7-8-25(36-35-24)39-10-9-19(16-39)28-38-37-27(43-28)15-21(40)13-18-5-6-20(30)14-23(18)31/h2-8,11,14,19H,9-10,12-13,15-16H2,1H3,(H,34,35,41). The van der Waals surface area contributed by atoms with Gasteiger partial charge < -0.3 is 15.0 Å². The minimum Gasteiger partial charge on any atom is -0.433 e. The van der Waals surface area contributed by atoms with Crippen molar-refractivity contribution in [3.05, 3.63) is 87.4 Å². The monoisotopic (exact) mass is 614 g/mol. The van der Waals surface area contributed by atoms with Gasteiger partial charge in [-0.05, 0) is 47.9 Å². The van der Waals surface area contributed by atoms with Gasteiger partial charge in [0.25, 0.3) is 0 Å². The topological polar surface area (TPSA) is 110 Å². The van der Waals surface area contributed by atoms with Gasteiger partial charge in [-0.25, -0.2) is 8.78 Å². The van der Waals surface area contributed by atoms with E-state index in [4.69, 9.17) is 0 Å². The first-order valence-electron chi connectivity index (χ1n) is 13.3. The number of hydrogen-bond donors (Lipinski definition) is 1. The fraction of sp³-hybridized carbons (Fsp3) is 0.310. The van der Waals surface area contributed by atoms with Crippen LogP contribution >= 0.6 is 11.3 Å². The Morgan fingerprint density at radius 3 is 2.60 bits per heavy atom. The van der Waals surface area contributed by atoms with Crippen molar-refractivity contribution in [3.8, 4) is 5.75 Å². The van der Waals surface area contributed by atoms with Crippen molar-refractivity contribution in [1.82, 2.24) is 20.4 Å². The third kappa shape index (κ3) is 8.31. The summed E-state index contributed by atoms with van der Waals surface area (Å²) >= 11 is 1.33. The van der Waals surface area contributed by atoms with E-state index in [0.29, 0.717) is 36.4 Å². The quantitative estimate of drug-likeness (QED) is 0.232. The molecule has 1 N–H and O–H groups in total. The molecule has 5 rings (SSSR count). The van der Waals surface area contributed by atoms with Crippen molar-refractivity contribution in [3.63, 3.8) is 0 Å². The molecule has 9 nitrogen and oxygen atoms in total. The van der Waals surface area contributed by atoms with Gasteiger partial charge >= 0.3 is 6.11 Å². The van der Waals surface area contributed by atoms with E-state index in [2.05, 4.69) is 30.4 Å². The number of Topliss-reactive ketones (excluding diaryl/α,β-unsaturated/α-hetero) is 1. The maximum absolute atomic E-state index is 13.9. The third-order valence-corrected chi connectivity index (χ3v) is 7.66. The minimum atomic E-state index is -3.33. The average Bonchev–Trinajstić information content (AvgIpc) is 3.60. The molecule has 1 amide bonds. The Bertz CT molecular complexity index is 1610. The van der Waals surface area contributed by atoms with Crippen LogP contribution in [0.25, 0.3) is 0 Å². The Balaban J connectivity index is 1.11. The number of aromatic nitrogens is 4. The normalized spacial score (nSPS) is 15.0. The van der Waals surface area contributed by atoms with E-state index >= 15 is 0 Å². The lowest BCUT2D eigenvalue weighted by atomic mass is 10.1. The number of ether oxygens (including phenoxy) is 1. The fourth-order valence-electron chi connectivity index (χ4n) is 4.64. The number of ketones is 1. The van der Waals surface area contributed by atoms with Crippen LogP contribution in [0, 0.1) is 11.6 Å². The van der Waals surface area contributed by atoms with Crippen LogP contribution in [0.3, 0.4) is 0 Å². The summed E-state index contributed by atoms with van der Waals surface area (Å²) in [6.07, 6.45) is -2.75. The van der Waals surface area contributed by atoms with Crippen LogP contribution in [-0.2, 0) is 28.9 Å². The lowest BCUT2D eigenvalue weighted by Crippen LogP contribution is -2.21. The van der Waals surface area contributed by atoms with Crippen molar-refractivity contribution in [2.24, 2.45) is 0 Å². The SMILES string of the molecule is CC(F)(F)Oc1cccc(CC(=O)Nc2ccc(N3CCC(c4nnc(CC(=O)Cc5ccc(F)cc5F)s4)C3)nn2)c1. The summed E-state index contributed by atoms with van der Waals surface area (Å²) in [7, 11) is 0. The van der Waals surface area contributed by atoms with Crippen LogP contribution in [0.2, 0.25) is 0 Å². The molecule has 1 atom stereocenters. The molecule has 2 aromatic heterocycles. The molecule has 0 bridgehead atoms. The Kier molecular flexibility index (Phi) is 8.94. The molecule has 0 aliphatic carbocycles. The van der Waals surface area contributed by atoms with Gasteiger partial charge in [-0.2, -0.15) is 8.78 Å². The smallest absolute Gasteiger partial charge is 0.394 e. The molecule has 0 spiro atoms. The first-order valence-corrected chi connectivity index (χ1v) is 14.1. The van der Waals surface area contributed by atoms with E-state index in [-0.39, 0.29) is 48.1 Å². The molecule has 1 aliphatic heterocycles. The Morgan fingerprint density at radius 1 is 1.02 bits per heavy atom. The van der Waals surface area contributed by atoms with E-state index < -0.39 is 23.7 Å². The second kappa shape index (κ2) is 12.8. The fourth-order valence-corrected chi connectivity index (χ4v) is 5.64. The zero-order valence-corrected chi connectivity index (χ0v) is 23.7. The Hall–Kier alpha value is -4.46. The summed E-state index contributed by atoms with van der Waals surface area (Å²) in [5, 5.41) is 20.7. The maximum atomic E-state index is 13.9. The van der Waals surface area contributed by atoms with Gasteiger partial charge in [0, 0.05) is 38.4 Å². The second-order valence-electron chi connectivity index (χ2n) is 10.2. The van der Waals surface area contributed by atoms with E-state index in [9.17, 15) is 27.2 Å². The lowest BCUT2D eigenvalue weighted by molar-refractivity contribution is -0.159. The summed E-state index contributed by atoms with van der Waals surface area (Å²) in [5.74, 6) is -1.19. The maximum Gasteiger partial charge on any atom is 0.394 e. The van der Waals surface area contributed by atoms with Crippen LogP contribution in [0.15, 0.2) is 54.6 Å². The Morgan fingerprint density at radius 2 is 1.86 bits per heavy atom. The second-order valence-corrected chi connectivity index (χ2v) is 11.2. The highest BCUT2D eigenvalue weighted by Crippen LogP contribution is 2.32. The van der Waals surface area contributed by atoms with Gasteiger partial charge in [0.1, 0.15) is 33.2 Å². The average molecular weight is 615 g/mol. The van der Waals surface area contributed by atoms with E-state index in [1.807, 2.05) is 4.90 Å². The highest BCUT2D eigenvalue weighted by molar-refractivity contribution is 7.11. The minimum absolute atomic E-state index is 0.0114. The van der Waals surface area contributed by atoms with Gasteiger partial charge in [0.15, 0.2) is 11.6 Å². The number of rotatable bonds is 11. The molecule has 1 fully saturated rings. The van der Waals surface area contributed by atoms with Crippen molar-refractivity contribution in [1.29, 1.82) is 0 Å². The van der Waals surface area contributed by atoms with Crippen LogP contribution < -0.4 is 15.0 Å². The number of nitrogens with zero attached hydrogens (tertiary/aromatic N) is 5. The van der Waals surface area contributed by atoms with Gasteiger partial charge in [-0.1, -0.05) is 18.2 Å². The summed E-state index contributed by atoms with van der Waals surface area (Å²) in [6, 6.07) is 12.4. The van der Waals surface area contributed by atoms with Crippen molar-refractivity contribution in [2.75, 3.05) is 23.3 Å². The highest BCUT2D eigenvalue weighted by atomic mass is 32.1. The molecular formula is C29H26F4N6O3S. The number of amides is 1. The zero-order valence-electron chi connectivity index (χ0n) is 22.9. The van der Waals surface area contributed by atoms with Crippen LogP contribution in [0.5, 0.6) is 5.75 Å².